The van der Waals surface area contributed by atoms with Crippen molar-refractivity contribution in [1.82, 2.24) is 20.2 Å². The summed E-state index contributed by atoms with van der Waals surface area (Å²) in [5.74, 6) is 1.09. The molecule has 1 aromatic rings. The highest BCUT2D eigenvalue weighted by Gasteiger charge is 2.19. The topological polar surface area (TPSA) is 43.6 Å². The van der Waals surface area contributed by atoms with E-state index in [0.717, 1.165) is 17.6 Å². The number of unbranched alkanes of at least 4 members (excludes halogenated alkanes) is 2. The zero-order valence-corrected chi connectivity index (χ0v) is 11.9. The fourth-order valence-corrected chi connectivity index (χ4v) is 2.94. The minimum atomic E-state index is 0.560. The van der Waals surface area contributed by atoms with E-state index in [0.29, 0.717) is 6.04 Å². The van der Waals surface area contributed by atoms with Gasteiger partial charge < -0.3 is 0 Å². The van der Waals surface area contributed by atoms with E-state index in [1.807, 2.05) is 0 Å². The van der Waals surface area contributed by atoms with Gasteiger partial charge in [0.25, 0.3) is 0 Å². The van der Waals surface area contributed by atoms with Gasteiger partial charge in [0.05, 0.1) is 6.04 Å². The van der Waals surface area contributed by atoms with Crippen LogP contribution in [-0.4, -0.2) is 25.5 Å². The van der Waals surface area contributed by atoms with E-state index >= 15 is 0 Å². The summed E-state index contributed by atoms with van der Waals surface area (Å²) in [4.78, 5) is 0. The van der Waals surface area contributed by atoms with Crippen molar-refractivity contribution in [2.75, 3.05) is 5.33 Å². The van der Waals surface area contributed by atoms with Crippen molar-refractivity contribution in [3.05, 3.63) is 5.82 Å². The van der Waals surface area contributed by atoms with Gasteiger partial charge in [0.1, 0.15) is 0 Å². The number of hydrogen-bond donors (Lipinski definition) is 0. The summed E-state index contributed by atoms with van der Waals surface area (Å²) in [6.07, 6.45) is 11.2. The highest BCUT2D eigenvalue weighted by Crippen LogP contribution is 2.28. The fourth-order valence-electron chi connectivity index (χ4n) is 2.54. The molecule has 1 saturated carbocycles. The number of halogens is 1. The quantitative estimate of drug-likeness (QED) is 0.598. The van der Waals surface area contributed by atoms with Crippen LogP contribution in [0.1, 0.15) is 63.2 Å². The first kappa shape index (κ1) is 13.0. The minimum Gasteiger partial charge on any atom is -0.227 e. The summed E-state index contributed by atoms with van der Waals surface area (Å²) < 4.78 is 2.09. The van der Waals surface area contributed by atoms with E-state index in [4.69, 9.17) is 0 Å². The van der Waals surface area contributed by atoms with E-state index in [-0.39, 0.29) is 0 Å². The van der Waals surface area contributed by atoms with E-state index in [1.165, 1.54) is 51.4 Å². The van der Waals surface area contributed by atoms with E-state index in [2.05, 4.69) is 36.1 Å². The Labute approximate surface area is 111 Å². The predicted octanol–water partition coefficient (Wildman–Crippen LogP) is 3.29. The van der Waals surface area contributed by atoms with Crippen LogP contribution in [0.5, 0.6) is 0 Å². The molecule has 17 heavy (non-hydrogen) atoms. The molecular formula is C12H21BrN4. The molecule has 1 aromatic heterocycles. The molecule has 0 unspecified atom stereocenters. The number of aryl methyl sites for hydroxylation is 1. The van der Waals surface area contributed by atoms with Crippen LogP contribution in [-0.2, 0) is 6.42 Å². The lowest BCUT2D eigenvalue weighted by atomic mass is 9.95. The lowest BCUT2D eigenvalue weighted by Gasteiger charge is -2.22. The van der Waals surface area contributed by atoms with Crippen LogP contribution in [0.25, 0.3) is 0 Å². The Morgan fingerprint density at radius 3 is 2.71 bits per heavy atom. The van der Waals surface area contributed by atoms with Crippen LogP contribution >= 0.6 is 15.9 Å². The largest absolute Gasteiger partial charge is 0.227 e. The van der Waals surface area contributed by atoms with Gasteiger partial charge in [-0.1, -0.05) is 41.6 Å². The van der Waals surface area contributed by atoms with Crippen molar-refractivity contribution >= 4 is 15.9 Å². The fraction of sp³-hybridized carbons (Fsp3) is 0.917. The second-order valence-electron chi connectivity index (χ2n) is 4.83. The maximum Gasteiger partial charge on any atom is 0.151 e. The van der Waals surface area contributed by atoms with Gasteiger partial charge in [0.15, 0.2) is 5.82 Å². The van der Waals surface area contributed by atoms with E-state index in [1.54, 1.807) is 0 Å². The Bertz CT molecular complexity index is 320. The zero-order valence-electron chi connectivity index (χ0n) is 10.3. The zero-order chi connectivity index (χ0) is 11.9. The second-order valence-corrected chi connectivity index (χ2v) is 5.62. The Morgan fingerprint density at radius 1 is 1.12 bits per heavy atom. The first-order chi connectivity index (χ1) is 8.42. The molecule has 0 atom stereocenters. The molecule has 4 nitrogen and oxygen atoms in total. The number of rotatable bonds is 6. The number of aromatic nitrogens is 4. The second kappa shape index (κ2) is 7.09. The van der Waals surface area contributed by atoms with Gasteiger partial charge in [-0.3, -0.25) is 0 Å². The first-order valence-corrected chi connectivity index (χ1v) is 7.86. The van der Waals surface area contributed by atoms with Crippen LogP contribution in [0, 0.1) is 0 Å². The van der Waals surface area contributed by atoms with Crippen molar-refractivity contribution < 1.29 is 0 Å². The van der Waals surface area contributed by atoms with E-state index < -0.39 is 0 Å². The summed E-state index contributed by atoms with van der Waals surface area (Å²) in [7, 11) is 0. The van der Waals surface area contributed by atoms with Crippen LogP contribution in [0.15, 0.2) is 0 Å². The number of tetrazole rings is 1. The third kappa shape index (κ3) is 3.76. The average molecular weight is 301 g/mol. The number of alkyl halides is 1. The van der Waals surface area contributed by atoms with Crippen molar-refractivity contribution in [3.8, 4) is 0 Å². The predicted molar refractivity (Wildman–Crippen MR) is 71.3 cm³/mol. The third-order valence-electron chi connectivity index (χ3n) is 3.52. The molecule has 0 N–H and O–H groups in total. The SMILES string of the molecule is BrCCCCCc1nnnn1C1CCCCC1. The van der Waals surface area contributed by atoms with Gasteiger partial charge in [-0.15, -0.1) is 5.10 Å². The maximum atomic E-state index is 4.19. The summed E-state index contributed by atoms with van der Waals surface area (Å²) in [6.45, 7) is 0. The van der Waals surface area contributed by atoms with Gasteiger partial charge in [-0.2, -0.15) is 0 Å². The molecule has 0 aromatic carbocycles. The van der Waals surface area contributed by atoms with Gasteiger partial charge in [-0.25, -0.2) is 4.68 Å². The van der Waals surface area contributed by atoms with Crippen LogP contribution in [0.4, 0.5) is 0 Å². The molecule has 0 saturated heterocycles. The molecular weight excluding hydrogens is 280 g/mol. The summed E-state index contributed by atoms with van der Waals surface area (Å²) in [5, 5.41) is 13.3. The molecule has 0 amide bonds. The van der Waals surface area contributed by atoms with Gasteiger partial charge >= 0.3 is 0 Å². The van der Waals surface area contributed by atoms with Crippen LogP contribution < -0.4 is 0 Å². The molecule has 0 spiro atoms. The molecule has 2 rings (SSSR count). The first-order valence-electron chi connectivity index (χ1n) is 6.74. The summed E-state index contributed by atoms with van der Waals surface area (Å²) in [6, 6.07) is 0.560. The Morgan fingerprint density at radius 2 is 1.94 bits per heavy atom. The lowest BCUT2D eigenvalue weighted by molar-refractivity contribution is 0.316. The molecule has 0 bridgehead atoms. The molecule has 1 fully saturated rings. The third-order valence-corrected chi connectivity index (χ3v) is 4.08. The molecule has 0 aliphatic heterocycles. The number of hydrogen-bond acceptors (Lipinski definition) is 3. The monoisotopic (exact) mass is 300 g/mol. The molecule has 1 heterocycles. The highest BCUT2D eigenvalue weighted by atomic mass is 79.9. The van der Waals surface area contributed by atoms with Crippen molar-refractivity contribution in [1.29, 1.82) is 0 Å². The minimum absolute atomic E-state index is 0.560. The van der Waals surface area contributed by atoms with Gasteiger partial charge in [0.2, 0.25) is 0 Å². The summed E-state index contributed by atoms with van der Waals surface area (Å²) >= 11 is 3.46. The van der Waals surface area contributed by atoms with Gasteiger partial charge in [0, 0.05) is 11.8 Å². The van der Waals surface area contributed by atoms with Crippen LogP contribution in [0.2, 0.25) is 0 Å². The Kier molecular flexibility index (Phi) is 5.42. The smallest absolute Gasteiger partial charge is 0.151 e. The number of nitrogens with zero attached hydrogens (tertiary/aromatic N) is 4. The molecule has 5 heteroatoms. The maximum absolute atomic E-state index is 4.19. The normalized spacial score (nSPS) is 17.5. The Balaban J connectivity index is 1.87. The van der Waals surface area contributed by atoms with Crippen molar-refractivity contribution in [3.63, 3.8) is 0 Å². The molecule has 96 valence electrons. The molecule has 1 aliphatic carbocycles. The molecule has 1 aliphatic rings. The highest BCUT2D eigenvalue weighted by molar-refractivity contribution is 9.09. The molecule has 0 radical (unpaired) electrons. The average Bonchev–Trinajstić information content (AvgIpc) is 2.84. The standard InChI is InChI=1S/C12H21BrN4/c13-10-6-2-5-9-12-14-15-16-17(12)11-7-3-1-4-8-11/h11H,1-10H2. The van der Waals surface area contributed by atoms with Gasteiger partial charge in [-0.05, 0) is 36.1 Å². The Hall–Kier alpha value is -0.450. The summed E-state index contributed by atoms with van der Waals surface area (Å²) in [5.41, 5.74) is 0. The lowest BCUT2D eigenvalue weighted by Crippen LogP contribution is -2.17. The van der Waals surface area contributed by atoms with E-state index in [9.17, 15) is 0 Å². The van der Waals surface area contributed by atoms with Crippen molar-refractivity contribution in [2.24, 2.45) is 0 Å². The van der Waals surface area contributed by atoms with Crippen LogP contribution in [0.3, 0.4) is 0 Å². The van der Waals surface area contributed by atoms with Crippen molar-refractivity contribution in [2.45, 2.75) is 63.8 Å².